The van der Waals surface area contributed by atoms with Gasteiger partial charge in [0.25, 0.3) is 6.71 Å². The van der Waals surface area contributed by atoms with Gasteiger partial charge in [-0.2, -0.15) is 0 Å². The lowest BCUT2D eigenvalue weighted by Crippen LogP contribution is -2.61. The third-order valence-corrected chi connectivity index (χ3v) is 23.5. The van der Waals surface area contributed by atoms with Crippen LogP contribution >= 0.6 is 0 Å². The van der Waals surface area contributed by atoms with E-state index < -0.39 is 0 Å². The van der Waals surface area contributed by atoms with E-state index in [4.69, 9.17) is 49.8 Å². The van der Waals surface area contributed by atoms with Crippen LogP contribution in [0.4, 0.5) is 34.1 Å². The van der Waals surface area contributed by atoms with Crippen molar-refractivity contribution < 1.29 is 0 Å². The van der Waals surface area contributed by atoms with Crippen molar-refractivity contribution in [1.29, 1.82) is 0 Å². The van der Waals surface area contributed by atoms with Gasteiger partial charge in [-0.05, 0) is 143 Å². The zero-order chi connectivity index (χ0) is 82.0. The van der Waals surface area contributed by atoms with Crippen molar-refractivity contribution in [3.8, 4) is 153 Å². The summed E-state index contributed by atoms with van der Waals surface area (Å²) >= 11 is 0. The molecule has 23 rings (SSSR count). The van der Waals surface area contributed by atoms with Crippen molar-refractivity contribution in [2.45, 2.75) is 0 Å². The molecule has 5 aromatic heterocycles. The minimum Gasteiger partial charge on any atom is -0.311 e. The van der Waals surface area contributed by atoms with Gasteiger partial charge in [0, 0.05) is 112 Å². The van der Waals surface area contributed by atoms with Crippen LogP contribution in [-0.2, 0) is 0 Å². The molecule has 0 atom stereocenters. The minimum atomic E-state index is -0.0506. The van der Waals surface area contributed by atoms with Crippen LogP contribution in [0.5, 0.6) is 0 Å². The maximum absolute atomic E-state index is 5.93. The van der Waals surface area contributed by atoms with Crippen LogP contribution in [0.25, 0.3) is 175 Å². The number of nitrogens with zero attached hydrogens (tertiary/aromatic N) is 13. The molecule has 2 aliphatic heterocycles. The number of benzene rings is 16. The highest BCUT2D eigenvalue weighted by Crippen LogP contribution is 2.48. The molecule has 124 heavy (non-hydrogen) atoms. The van der Waals surface area contributed by atoms with Crippen molar-refractivity contribution in [3.05, 3.63) is 425 Å². The molecular weight excluding hydrogens is 1510 g/mol. The smallest absolute Gasteiger partial charge is 0.252 e. The fourth-order valence-corrected chi connectivity index (χ4v) is 17.7. The van der Waals surface area contributed by atoms with E-state index in [2.05, 4.69) is 275 Å². The summed E-state index contributed by atoms with van der Waals surface area (Å²) in [6.07, 6.45) is 0. The summed E-state index contributed by atoms with van der Waals surface area (Å²) in [6.45, 7) is -0.0506. The SMILES string of the molecule is c1ccc(-c2cc(-c3ccc(-n4c5ccc(-c6nc(-c7ccccc7)nc(-c7ccccc7)n6)cc5c5cc(-c6nc(-c7ccccc7)nc(-c7ccccc7)n6)ccc54)c(-c4cc(-c5ccccc5)nc(-c5cccc(-c6cc7c8c(c6)N(c6ccccc6)c6ccccc6B8c6ccccc6N7c6ccccc6)c5)n4)c3)nc(-c3ccccc3)n2)cc1. The number of fused-ring (bicyclic) bond motifs is 7. The van der Waals surface area contributed by atoms with Gasteiger partial charge in [-0.3, -0.25) is 0 Å². The molecule has 0 aliphatic carbocycles. The summed E-state index contributed by atoms with van der Waals surface area (Å²) in [5.74, 6) is 4.40. The average molecular weight is 1580 g/mol. The predicted molar refractivity (Wildman–Crippen MR) is 503 cm³/mol. The molecule has 7 heterocycles. The van der Waals surface area contributed by atoms with Gasteiger partial charge in [-0.25, -0.2) is 49.8 Å². The molecule has 16 aromatic carbocycles. The first-order valence-electron chi connectivity index (χ1n) is 41.5. The molecular formula is C110H70BN13. The first-order chi connectivity index (χ1) is 61.4. The number of aromatic nitrogens is 11. The van der Waals surface area contributed by atoms with Crippen LogP contribution in [0.1, 0.15) is 0 Å². The standard InChI is InChI=1S/C110H70BN13/c1-10-33-71(34-11-1)91-69-93(114-103(112-91)73-37-14-3-15-38-73)79-57-60-97(124-95-61-58-81(109-118-104(74-39-16-4-17-40-74)116-105(119-109)75-41-18-5-19-42-75)65-86(95)87-66-82(59-62-96(87)124)110-120-106(76-43-20-6-21-44-76)117-107(121-110)77-45-22-7-23-46-77)88(64-79)94-70-92(72-35-12-2-13-36-72)113-108(115-94)80-48-32-47-78(63-80)83-67-100-102-101(68-83)123(85-51-26-9-27-52-85)99-56-31-29-54-90(99)111(102)89-53-28-30-55-98(89)122(100)84-49-24-8-25-50-84/h1-70H. The number of hydrogen-bond donors (Lipinski definition) is 0. The van der Waals surface area contributed by atoms with Crippen LogP contribution in [-0.4, -0.2) is 61.1 Å². The van der Waals surface area contributed by atoms with Crippen molar-refractivity contribution in [2.24, 2.45) is 0 Å². The van der Waals surface area contributed by atoms with Crippen molar-refractivity contribution in [2.75, 3.05) is 9.80 Å². The molecule has 0 spiro atoms. The summed E-state index contributed by atoms with van der Waals surface area (Å²) in [6, 6.07) is 148. The lowest BCUT2D eigenvalue weighted by atomic mass is 9.33. The second kappa shape index (κ2) is 30.8. The molecule has 0 bridgehead atoms. The maximum Gasteiger partial charge on any atom is 0.252 e. The van der Waals surface area contributed by atoms with E-state index in [0.29, 0.717) is 52.3 Å². The molecule has 578 valence electrons. The highest BCUT2D eigenvalue weighted by atomic mass is 15.2. The van der Waals surface area contributed by atoms with Gasteiger partial charge >= 0.3 is 0 Å². The Morgan fingerprint density at radius 1 is 0.177 bits per heavy atom. The second-order valence-electron chi connectivity index (χ2n) is 31.0. The molecule has 21 aromatic rings. The van der Waals surface area contributed by atoms with Crippen molar-refractivity contribution in [1.82, 2.24) is 54.4 Å². The second-order valence-corrected chi connectivity index (χ2v) is 31.0. The topological polar surface area (TPSA) is 140 Å². The third kappa shape index (κ3) is 13.2. The van der Waals surface area contributed by atoms with E-state index in [9.17, 15) is 0 Å². The molecule has 0 saturated carbocycles. The van der Waals surface area contributed by atoms with Crippen molar-refractivity contribution >= 4 is 79.0 Å². The van der Waals surface area contributed by atoms with E-state index in [1.807, 2.05) is 164 Å². The highest BCUT2D eigenvalue weighted by Gasteiger charge is 2.44. The van der Waals surface area contributed by atoms with E-state index in [-0.39, 0.29) is 6.71 Å². The number of anilines is 6. The molecule has 0 unspecified atom stereocenters. The normalized spacial score (nSPS) is 12.0. The highest BCUT2D eigenvalue weighted by molar-refractivity contribution is 7.00. The summed E-state index contributed by atoms with van der Waals surface area (Å²) < 4.78 is 2.37. The van der Waals surface area contributed by atoms with E-state index in [0.717, 1.165) is 157 Å². The average Bonchev–Trinajstić information content (AvgIpc) is 0.889. The van der Waals surface area contributed by atoms with Crippen LogP contribution in [0, 0.1) is 0 Å². The summed E-state index contributed by atoms with van der Waals surface area (Å²) in [5.41, 5.74) is 28.3. The largest absolute Gasteiger partial charge is 0.311 e. The number of hydrogen-bond acceptors (Lipinski definition) is 12. The lowest BCUT2D eigenvalue weighted by Gasteiger charge is -2.44. The van der Waals surface area contributed by atoms with Gasteiger partial charge < -0.3 is 14.4 Å². The number of para-hydroxylation sites is 4. The predicted octanol–water partition coefficient (Wildman–Crippen LogP) is 24.5. The summed E-state index contributed by atoms with van der Waals surface area (Å²) in [5, 5.41) is 1.85. The van der Waals surface area contributed by atoms with Gasteiger partial charge in [0.1, 0.15) is 0 Å². The Morgan fingerprint density at radius 3 is 0.903 bits per heavy atom. The van der Waals surface area contributed by atoms with Gasteiger partial charge in [0.05, 0.1) is 39.5 Å². The Labute approximate surface area is 716 Å². The molecule has 14 heteroatoms. The molecule has 0 radical (unpaired) electrons. The van der Waals surface area contributed by atoms with Crippen LogP contribution in [0.3, 0.4) is 0 Å². The molecule has 0 saturated heterocycles. The third-order valence-electron chi connectivity index (χ3n) is 23.5. The van der Waals surface area contributed by atoms with Gasteiger partial charge in [-0.1, -0.05) is 309 Å². The molecule has 0 N–H and O–H groups in total. The van der Waals surface area contributed by atoms with Crippen molar-refractivity contribution in [3.63, 3.8) is 0 Å². The summed E-state index contributed by atoms with van der Waals surface area (Å²) in [4.78, 5) is 58.8. The van der Waals surface area contributed by atoms with Crippen LogP contribution in [0.15, 0.2) is 425 Å². The van der Waals surface area contributed by atoms with E-state index in [1.165, 1.54) is 16.4 Å². The van der Waals surface area contributed by atoms with Crippen LogP contribution < -0.4 is 26.2 Å². The Balaban J connectivity index is 0.765. The van der Waals surface area contributed by atoms with Crippen LogP contribution in [0.2, 0.25) is 0 Å². The molecule has 0 amide bonds. The Morgan fingerprint density at radius 2 is 0.484 bits per heavy atom. The fraction of sp³-hybridized carbons (Fsp3) is 0. The van der Waals surface area contributed by atoms with Gasteiger partial charge in [-0.15, -0.1) is 0 Å². The first-order valence-corrected chi connectivity index (χ1v) is 41.5. The lowest BCUT2D eigenvalue weighted by molar-refractivity contribution is 1.07. The van der Waals surface area contributed by atoms with E-state index >= 15 is 0 Å². The molecule has 13 nitrogen and oxygen atoms in total. The molecule has 2 aliphatic rings. The fourth-order valence-electron chi connectivity index (χ4n) is 17.7. The minimum absolute atomic E-state index is 0.0506. The van der Waals surface area contributed by atoms with E-state index in [1.54, 1.807) is 0 Å². The monoisotopic (exact) mass is 1580 g/mol. The Kier molecular flexibility index (Phi) is 18.0. The van der Waals surface area contributed by atoms with Gasteiger partial charge in [0.15, 0.2) is 46.6 Å². The number of rotatable bonds is 16. The Hall–Kier alpha value is -16.8. The first kappa shape index (κ1) is 72.4. The molecule has 0 fully saturated rings. The summed E-state index contributed by atoms with van der Waals surface area (Å²) in [7, 11) is 0. The zero-order valence-corrected chi connectivity index (χ0v) is 66.8. The maximum atomic E-state index is 5.93. The Bertz CT molecular complexity index is 7190. The quantitative estimate of drug-likeness (QED) is 0.0851. The zero-order valence-electron chi connectivity index (χ0n) is 66.8. The van der Waals surface area contributed by atoms with Gasteiger partial charge in [0.2, 0.25) is 0 Å².